The quantitative estimate of drug-likeness (QED) is 0.458. The van der Waals surface area contributed by atoms with Crippen LogP contribution in [0.2, 0.25) is 15.5 Å². The van der Waals surface area contributed by atoms with Crippen LogP contribution in [0.15, 0.2) is 46.6 Å². The Morgan fingerprint density at radius 1 is 0.731 bits per heavy atom. The molecule has 1 aliphatic heterocycles. The topological polar surface area (TPSA) is 9.23 Å². The maximum atomic E-state index is 4.53. The molecule has 4 aliphatic carbocycles. The summed E-state index contributed by atoms with van der Waals surface area (Å²) in [6.07, 6.45) is 21.9. The van der Waals surface area contributed by atoms with Crippen LogP contribution >= 0.6 is 24.8 Å². The third-order valence-corrected chi connectivity index (χ3v) is 19.7. The molecular formula is C20H32Al2Cl2OZr. The summed E-state index contributed by atoms with van der Waals surface area (Å²) >= 11 is -0.0952. The summed E-state index contributed by atoms with van der Waals surface area (Å²) in [6, 6.07) is 0. The Balaban J connectivity index is 0.000000458. The third kappa shape index (κ3) is 4.45. The van der Waals surface area contributed by atoms with E-state index in [1.165, 1.54) is 51.4 Å². The molecule has 2 unspecified atom stereocenters. The molecule has 0 amide bonds. The van der Waals surface area contributed by atoms with Gasteiger partial charge in [0.1, 0.15) is 0 Å². The Bertz CT molecular complexity index is 588. The minimum absolute atomic E-state index is 0. The molecule has 0 radical (unpaired) electrons. The Hall–Kier alpha value is 1.45. The monoisotopic (exact) mass is 502 g/mol. The van der Waals surface area contributed by atoms with Gasteiger partial charge in [-0.1, -0.05) is 0 Å². The largest absolute Gasteiger partial charge is 0.647 e. The van der Waals surface area contributed by atoms with Gasteiger partial charge in [0.25, 0.3) is 0 Å². The van der Waals surface area contributed by atoms with Crippen LogP contribution in [0.3, 0.4) is 0 Å². The summed E-state index contributed by atoms with van der Waals surface area (Å²) in [5.41, 5.74) is 7.42. The Morgan fingerprint density at radius 2 is 1.12 bits per heavy atom. The third-order valence-electron chi connectivity index (χ3n) is 6.91. The molecule has 1 heterocycles. The summed E-state index contributed by atoms with van der Waals surface area (Å²) in [5, 5.41) is 0. The van der Waals surface area contributed by atoms with Gasteiger partial charge in [-0.3, -0.25) is 0 Å². The number of rotatable bonds is 2. The second-order valence-corrected chi connectivity index (χ2v) is 23.2. The smallest absolute Gasteiger partial charge is 0.379 e. The summed E-state index contributed by atoms with van der Waals surface area (Å²) in [5.74, 6) is 0. The van der Waals surface area contributed by atoms with Gasteiger partial charge in [-0.2, -0.15) is 0 Å². The molecule has 1 nitrogen and oxygen atoms in total. The van der Waals surface area contributed by atoms with E-state index in [-0.39, 0.29) is 24.8 Å². The van der Waals surface area contributed by atoms with Crippen molar-refractivity contribution in [2.24, 2.45) is 0 Å². The van der Waals surface area contributed by atoms with Crippen LogP contribution in [-0.4, -0.2) is 33.2 Å². The first kappa shape index (κ1) is 23.7. The van der Waals surface area contributed by atoms with E-state index in [1.807, 2.05) is 11.1 Å². The van der Waals surface area contributed by atoms with Crippen LogP contribution < -0.4 is 0 Å². The van der Waals surface area contributed by atoms with E-state index in [9.17, 15) is 0 Å². The van der Waals surface area contributed by atoms with E-state index < -0.39 is 20.3 Å². The van der Waals surface area contributed by atoms with Gasteiger partial charge in [0.15, 0.2) is 0 Å². The molecule has 0 spiro atoms. The van der Waals surface area contributed by atoms with E-state index in [4.69, 9.17) is 0 Å². The molecule has 0 aromatic rings. The average molecular weight is 505 g/mol. The predicted molar refractivity (Wildman–Crippen MR) is 119 cm³/mol. The Labute approximate surface area is 192 Å². The fourth-order valence-electron chi connectivity index (χ4n) is 5.69. The summed E-state index contributed by atoms with van der Waals surface area (Å²) in [7, 11) is 0. The van der Waals surface area contributed by atoms with Crippen molar-refractivity contribution in [1.29, 1.82) is 0 Å². The first-order valence-corrected chi connectivity index (χ1v) is 18.0. The molecule has 0 N–H and O–H groups in total. The van der Waals surface area contributed by atoms with Gasteiger partial charge in [-0.25, -0.2) is 0 Å². The molecule has 1 saturated heterocycles. The molecule has 0 bridgehead atoms. The fraction of sp³-hybridized carbons (Fsp3) is 0.600. The van der Waals surface area contributed by atoms with Crippen molar-refractivity contribution < 1.29 is 23.1 Å². The second-order valence-electron chi connectivity index (χ2n) is 8.33. The minimum atomic E-state index is -1.96. The van der Waals surface area contributed by atoms with Gasteiger partial charge in [0.05, 0.1) is 0 Å². The molecule has 5 rings (SSSR count). The molecule has 142 valence electrons. The van der Waals surface area contributed by atoms with Gasteiger partial charge >= 0.3 is 167 Å². The predicted octanol–water partition coefficient (Wildman–Crippen LogP) is 5.39. The van der Waals surface area contributed by atoms with E-state index in [0.717, 1.165) is 40.5 Å². The Morgan fingerprint density at radius 3 is 1.50 bits per heavy atom. The van der Waals surface area contributed by atoms with Crippen molar-refractivity contribution in [1.82, 2.24) is 0 Å². The second kappa shape index (κ2) is 10.5. The zero-order valence-corrected chi connectivity index (χ0v) is 24.4. The normalized spacial score (nSPS) is 29.8. The first-order chi connectivity index (χ1) is 11.8. The number of hydrogen-bond donors (Lipinski definition) is 0. The van der Waals surface area contributed by atoms with Crippen molar-refractivity contribution >= 4 is 58.1 Å². The molecule has 6 heteroatoms. The van der Waals surface area contributed by atoms with Crippen molar-refractivity contribution in [2.45, 2.75) is 66.9 Å². The molecule has 0 aromatic heterocycles. The van der Waals surface area contributed by atoms with Crippen molar-refractivity contribution in [3.8, 4) is 0 Å². The number of halogens is 2. The Kier molecular flexibility index (Phi) is 9.55. The molecule has 2 atom stereocenters. The van der Waals surface area contributed by atoms with E-state index in [1.54, 1.807) is 19.4 Å². The van der Waals surface area contributed by atoms with Gasteiger partial charge in [-0.05, 0) is 0 Å². The first-order valence-electron chi connectivity index (χ1n) is 10.0. The van der Waals surface area contributed by atoms with Gasteiger partial charge < -0.3 is 2.84 Å². The standard InChI is InChI=1S/2C9H11.C2H4.2Al.2ClH.O.Zr.4H/c2*1-2-5-9-7-3-6-8(9)4-1;1-2;;;;;;;;;;/h2*3,6-7H,1-2,4-5H2;1-2H2;;;2*1H;;;;;;. The van der Waals surface area contributed by atoms with E-state index >= 15 is 0 Å². The molecular weight excluding hydrogens is 472 g/mol. The zero-order chi connectivity index (χ0) is 16.6. The van der Waals surface area contributed by atoms with Crippen LogP contribution in [-0.2, 0) is 23.1 Å². The van der Waals surface area contributed by atoms with Crippen molar-refractivity contribution in [3.63, 3.8) is 0 Å². The average Bonchev–Trinajstić information content (AvgIpc) is 3.10. The number of hydrogen-bond acceptors (Lipinski definition) is 1. The minimum Gasteiger partial charge on any atom is -0.647 e. The summed E-state index contributed by atoms with van der Waals surface area (Å²) in [4.78, 5) is 0. The number of allylic oxidation sites excluding steroid dienone is 8. The maximum absolute atomic E-state index is 4.53. The van der Waals surface area contributed by atoms with Crippen molar-refractivity contribution in [2.75, 3.05) is 0 Å². The van der Waals surface area contributed by atoms with Gasteiger partial charge in [-0.15, -0.1) is 24.8 Å². The SMILES string of the molecule is C1=C[CH]([Zr]2([CH]3C=CC4=C3CCCC4)[CH2][CH2]2)C2=C1CCCC2.Cl.Cl.[AlH2][O][AlH2]. The van der Waals surface area contributed by atoms with Crippen LogP contribution in [0.1, 0.15) is 51.4 Å². The fourth-order valence-corrected chi connectivity index (χ4v) is 22.0. The molecule has 0 saturated carbocycles. The summed E-state index contributed by atoms with van der Waals surface area (Å²) in [6.45, 7) is 0. The molecule has 0 aromatic carbocycles. The molecule has 5 aliphatic rings. The van der Waals surface area contributed by atoms with Crippen LogP contribution in [0.4, 0.5) is 0 Å². The van der Waals surface area contributed by atoms with Crippen LogP contribution in [0, 0.1) is 0 Å². The van der Waals surface area contributed by atoms with Crippen molar-refractivity contribution in [3.05, 3.63) is 46.6 Å². The van der Waals surface area contributed by atoms with Crippen LogP contribution in [0.25, 0.3) is 0 Å². The maximum Gasteiger partial charge on any atom is 0.379 e. The zero-order valence-electron chi connectivity index (χ0n) is 16.3. The molecule has 1 fully saturated rings. The molecule has 26 heavy (non-hydrogen) atoms. The summed E-state index contributed by atoms with van der Waals surface area (Å²) < 4.78 is 9.87. The van der Waals surface area contributed by atoms with Gasteiger partial charge in [0.2, 0.25) is 0 Å². The van der Waals surface area contributed by atoms with Crippen LogP contribution in [0.5, 0.6) is 0 Å². The van der Waals surface area contributed by atoms with Gasteiger partial charge in [0, 0.05) is 0 Å². The van der Waals surface area contributed by atoms with E-state index in [0.29, 0.717) is 0 Å². The van der Waals surface area contributed by atoms with E-state index in [2.05, 4.69) is 27.1 Å².